The summed E-state index contributed by atoms with van der Waals surface area (Å²) in [6.45, 7) is 1.26. The highest BCUT2D eigenvalue weighted by Gasteiger charge is 2.19. The van der Waals surface area contributed by atoms with Crippen molar-refractivity contribution >= 4 is 0 Å². The molecule has 3 heteroatoms. The van der Waals surface area contributed by atoms with E-state index in [0.29, 0.717) is 6.54 Å². The maximum atomic E-state index is 10.3. The lowest BCUT2D eigenvalue weighted by atomic mass is 9.96. The Bertz CT molecular complexity index is 487. The van der Waals surface area contributed by atoms with E-state index in [1.54, 1.807) is 0 Å². The molecule has 0 radical (unpaired) electrons. The molecule has 2 aromatic rings. The molecule has 3 nitrogen and oxygen atoms in total. The van der Waals surface area contributed by atoms with Gasteiger partial charge < -0.3 is 15.5 Å². The van der Waals surface area contributed by atoms with Gasteiger partial charge in [0.1, 0.15) is 0 Å². The molecule has 1 unspecified atom stereocenters. The minimum atomic E-state index is -0.649. The smallest absolute Gasteiger partial charge is 0.0852 e. The minimum absolute atomic E-state index is 0.0438. The third-order valence-corrected chi connectivity index (χ3v) is 3.40. The lowest BCUT2D eigenvalue weighted by molar-refractivity contribution is 0.0663. The molecule has 0 amide bonds. The van der Waals surface area contributed by atoms with Gasteiger partial charge in [0.2, 0.25) is 0 Å². The fourth-order valence-electron chi connectivity index (χ4n) is 2.20. The fraction of sp³-hybridized carbons (Fsp3) is 0.294. The summed E-state index contributed by atoms with van der Waals surface area (Å²) in [6, 6.07) is 19.5. The highest BCUT2D eigenvalue weighted by Crippen LogP contribution is 2.21. The quantitative estimate of drug-likeness (QED) is 0.723. The predicted molar refractivity (Wildman–Crippen MR) is 80.1 cm³/mol. The molecule has 0 saturated heterocycles. The zero-order valence-corrected chi connectivity index (χ0v) is 11.4. The maximum absolute atomic E-state index is 10.3. The lowest BCUT2D eigenvalue weighted by Crippen LogP contribution is -2.29. The topological polar surface area (TPSA) is 52.5 Å². The summed E-state index contributed by atoms with van der Waals surface area (Å²) in [4.78, 5) is 0. The van der Waals surface area contributed by atoms with E-state index in [1.807, 2.05) is 48.5 Å². The van der Waals surface area contributed by atoms with Crippen molar-refractivity contribution in [1.82, 2.24) is 5.32 Å². The highest BCUT2D eigenvalue weighted by atomic mass is 16.3. The van der Waals surface area contributed by atoms with Crippen LogP contribution in [0.2, 0.25) is 0 Å². The summed E-state index contributed by atoms with van der Waals surface area (Å²) >= 11 is 0. The molecule has 20 heavy (non-hydrogen) atoms. The Morgan fingerprint density at radius 3 is 2.10 bits per heavy atom. The predicted octanol–water partition coefficient (Wildman–Crippen LogP) is 2.12. The third-order valence-electron chi connectivity index (χ3n) is 3.40. The standard InChI is InChI=1S/C17H21NO2/c19-13-16(17(20)15-9-5-2-6-10-15)12-18-11-14-7-3-1-4-8-14/h1-10,16-20H,11-13H2/t16-,17?/m0/s1. The summed E-state index contributed by atoms with van der Waals surface area (Å²) in [6.07, 6.45) is -0.649. The number of hydrogen-bond donors (Lipinski definition) is 3. The van der Waals surface area contributed by atoms with Gasteiger partial charge in [-0.25, -0.2) is 0 Å². The normalized spacial score (nSPS) is 13.9. The number of aliphatic hydroxyl groups excluding tert-OH is 2. The molecule has 0 aliphatic heterocycles. The Morgan fingerprint density at radius 2 is 1.50 bits per heavy atom. The molecule has 0 saturated carbocycles. The molecule has 0 aliphatic rings. The van der Waals surface area contributed by atoms with Gasteiger partial charge in [0, 0.05) is 25.6 Å². The molecule has 106 valence electrons. The van der Waals surface area contributed by atoms with Crippen LogP contribution in [0.25, 0.3) is 0 Å². The summed E-state index contributed by atoms with van der Waals surface area (Å²) in [5, 5.41) is 23.0. The van der Waals surface area contributed by atoms with Crippen LogP contribution in [0.5, 0.6) is 0 Å². The van der Waals surface area contributed by atoms with Gasteiger partial charge in [-0.15, -0.1) is 0 Å². The number of aliphatic hydroxyl groups is 2. The highest BCUT2D eigenvalue weighted by molar-refractivity contribution is 5.18. The van der Waals surface area contributed by atoms with Crippen molar-refractivity contribution in [3.8, 4) is 0 Å². The molecule has 0 aliphatic carbocycles. The largest absolute Gasteiger partial charge is 0.396 e. The second-order valence-electron chi connectivity index (χ2n) is 4.91. The van der Waals surface area contributed by atoms with Gasteiger partial charge in [-0.05, 0) is 11.1 Å². The summed E-state index contributed by atoms with van der Waals surface area (Å²) in [5.74, 6) is -0.207. The van der Waals surface area contributed by atoms with Crippen LogP contribution in [0.1, 0.15) is 17.2 Å². The monoisotopic (exact) mass is 271 g/mol. The van der Waals surface area contributed by atoms with Crippen LogP contribution in [-0.4, -0.2) is 23.4 Å². The molecule has 0 bridgehead atoms. The Labute approximate surface area is 119 Å². The van der Waals surface area contributed by atoms with Crippen molar-refractivity contribution in [2.24, 2.45) is 5.92 Å². The van der Waals surface area contributed by atoms with Crippen LogP contribution in [-0.2, 0) is 6.54 Å². The first kappa shape index (κ1) is 14.7. The van der Waals surface area contributed by atoms with E-state index in [9.17, 15) is 10.2 Å². The average molecular weight is 271 g/mol. The van der Waals surface area contributed by atoms with E-state index in [2.05, 4.69) is 17.4 Å². The number of benzene rings is 2. The number of hydrogen-bond acceptors (Lipinski definition) is 3. The molecule has 0 aromatic heterocycles. The molecule has 0 heterocycles. The zero-order chi connectivity index (χ0) is 14.2. The van der Waals surface area contributed by atoms with Gasteiger partial charge >= 0.3 is 0 Å². The summed E-state index contributed by atoms with van der Waals surface area (Å²) < 4.78 is 0. The van der Waals surface area contributed by atoms with Gasteiger partial charge in [-0.3, -0.25) is 0 Å². The van der Waals surface area contributed by atoms with Crippen molar-refractivity contribution in [2.75, 3.05) is 13.2 Å². The van der Waals surface area contributed by atoms with Gasteiger partial charge in [0.05, 0.1) is 6.10 Å². The summed E-state index contributed by atoms with van der Waals surface area (Å²) in [7, 11) is 0. The fourth-order valence-corrected chi connectivity index (χ4v) is 2.20. The first-order chi connectivity index (χ1) is 9.81. The van der Waals surface area contributed by atoms with Crippen LogP contribution < -0.4 is 5.32 Å². The first-order valence-corrected chi connectivity index (χ1v) is 6.89. The van der Waals surface area contributed by atoms with Gasteiger partial charge in [0.15, 0.2) is 0 Å². The van der Waals surface area contributed by atoms with Crippen LogP contribution in [0, 0.1) is 5.92 Å². The van der Waals surface area contributed by atoms with Gasteiger partial charge in [-0.2, -0.15) is 0 Å². The Morgan fingerprint density at radius 1 is 0.900 bits per heavy atom. The van der Waals surface area contributed by atoms with Crippen molar-refractivity contribution < 1.29 is 10.2 Å². The Hall–Kier alpha value is -1.68. The lowest BCUT2D eigenvalue weighted by Gasteiger charge is -2.21. The molecular weight excluding hydrogens is 250 g/mol. The van der Waals surface area contributed by atoms with Crippen LogP contribution >= 0.6 is 0 Å². The molecular formula is C17H21NO2. The summed E-state index contributed by atoms with van der Waals surface area (Å²) in [5.41, 5.74) is 2.03. The first-order valence-electron chi connectivity index (χ1n) is 6.89. The van der Waals surface area contributed by atoms with E-state index in [-0.39, 0.29) is 12.5 Å². The third kappa shape index (κ3) is 4.17. The van der Waals surface area contributed by atoms with Crippen LogP contribution in [0.3, 0.4) is 0 Å². The van der Waals surface area contributed by atoms with E-state index < -0.39 is 6.10 Å². The van der Waals surface area contributed by atoms with Crippen LogP contribution in [0.15, 0.2) is 60.7 Å². The van der Waals surface area contributed by atoms with E-state index in [0.717, 1.165) is 12.1 Å². The average Bonchev–Trinajstić information content (AvgIpc) is 2.53. The second kappa shape index (κ2) is 7.80. The van der Waals surface area contributed by atoms with E-state index >= 15 is 0 Å². The van der Waals surface area contributed by atoms with Crippen molar-refractivity contribution in [3.05, 3.63) is 71.8 Å². The van der Waals surface area contributed by atoms with Crippen molar-refractivity contribution in [1.29, 1.82) is 0 Å². The SMILES string of the molecule is OC[C@H](CNCc1ccccc1)C(O)c1ccccc1. The minimum Gasteiger partial charge on any atom is -0.396 e. The van der Waals surface area contributed by atoms with E-state index in [1.165, 1.54) is 5.56 Å². The zero-order valence-electron chi connectivity index (χ0n) is 11.4. The molecule has 2 rings (SSSR count). The maximum Gasteiger partial charge on any atom is 0.0852 e. The number of rotatable bonds is 7. The molecule has 0 spiro atoms. The van der Waals surface area contributed by atoms with E-state index in [4.69, 9.17) is 0 Å². The molecule has 2 atom stereocenters. The molecule has 2 aromatic carbocycles. The van der Waals surface area contributed by atoms with Crippen molar-refractivity contribution in [2.45, 2.75) is 12.6 Å². The van der Waals surface area contributed by atoms with Gasteiger partial charge in [-0.1, -0.05) is 60.7 Å². The Balaban J connectivity index is 1.86. The van der Waals surface area contributed by atoms with Gasteiger partial charge in [0.25, 0.3) is 0 Å². The number of nitrogens with one attached hydrogen (secondary N) is 1. The molecule has 3 N–H and O–H groups in total. The van der Waals surface area contributed by atoms with Crippen LogP contribution in [0.4, 0.5) is 0 Å². The van der Waals surface area contributed by atoms with Crippen molar-refractivity contribution in [3.63, 3.8) is 0 Å². The second-order valence-corrected chi connectivity index (χ2v) is 4.91. The molecule has 0 fully saturated rings. The Kier molecular flexibility index (Phi) is 5.74.